The Labute approximate surface area is 218 Å². The minimum Gasteiger partial charge on any atom is -0.436 e. The van der Waals surface area contributed by atoms with E-state index in [9.17, 15) is 0 Å². The Bertz CT molecular complexity index is 1650. The Morgan fingerprint density at radius 3 is 1.24 bits per heavy atom. The minimum atomic E-state index is 0.556. The Morgan fingerprint density at radius 2 is 0.816 bits per heavy atom. The summed E-state index contributed by atoms with van der Waals surface area (Å²) >= 11 is 0. The van der Waals surface area contributed by atoms with Gasteiger partial charge in [-0.05, 0) is 78.9 Å². The van der Waals surface area contributed by atoms with E-state index in [-0.39, 0.29) is 0 Å². The highest BCUT2D eigenvalue weighted by molar-refractivity contribution is 5.91. The first kappa shape index (κ1) is 21.9. The first-order chi connectivity index (χ1) is 18.8. The number of hydrogen-bond acceptors (Lipinski definition) is 6. The summed E-state index contributed by atoms with van der Waals surface area (Å²) in [5, 5.41) is 6.77. The van der Waals surface area contributed by atoms with Gasteiger partial charge in [0.15, 0.2) is 11.2 Å². The highest BCUT2D eigenvalue weighted by Crippen LogP contribution is 2.32. The lowest BCUT2D eigenvalue weighted by Crippen LogP contribution is -1.89. The van der Waals surface area contributed by atoms with Crippen LogP contribution in [-0.2, 0) is 0 Å². The van der Waals surface area contributed by atoms with Crippen LogP contribution in [0.1, 0.15) is 0 Å². The lowest BCUT2D eigenvalue weighted by molar-refractivity contribution is 0.609. The molecular weight excluding hydrogens is 472 g/mol. The molecule has 2 heterocycles. The molecule has 0 saturated carbocycles. The molecular formula is C32H22N4O2. The van der Waals surface area contributed by atoms with E-state index in [0.29, 0.717) is 22.9 Å². The van der Waals surface area contributed by atoms with Crippen LogP contribution in [0, 0.1) is 0 Å². The maximum atomic E-state index is 6.08. The second kappa shape index (κ2) is 9.26. The molecule has 0 saturated heterocycles. The maximum Gasteiger partial charge on any atom is 0.227 e. The highest BCUT2D eigenvalue weighted by Gasteiger charge is 2.14. The van der Waals surface area contributed by atoms with E-state index in [4.69, 9.17) is 18.8 Å². The van der Waals surface area contributed by atoms with Crippen LogP contribution in [0.25, 0.3) is 45.1 Å². The normalized spacial score (nSPS) is 11.2. The highest BCUT2D eigenvalue weighted by atomic mass is 16.4. The molecule has 0 fully saturated rings. The zero-order chi connectivity index (χ0) is 25.3. The number of rotatable bonds is 6. The van der Waals surface area contributed by atoms with Gasteiger partial charge in [-0.2, -0.15) is 0 Å². The Morgan fingerprint density at radius 1 is 0.421 bits per heavy atom. The van der Waals surface area contributed by atoms with E-state index in [2.05, 4.69) is 10.6 Å². The molecule has 2 N–H and O–H groups in total. The quantitative estimate of drug-likeness (QED) is 0.241. The third-order valence-corrected chi connectivity index (χ3v) is 6.29. The monoisotopic (exact) mass is 494 g/mol. The molecule has 6 heteroatoms. The van der Waals surface area contributed by atoms with Crippen LogP contribution < -0.4 is 10.6 Å². The van der Waals surface area contributed by atoms with Crippen LogP contribution in [0.3, 0.4) is 0 Å². The summed E-state index contributed by atoms with van der Waals surface area (Å²) in [6.45, 7) is 0. The number of hydrogen-bond donors (Lipinski definition) is 2. The summed E-state index contributed by atoms with van der Waals surface area (Å²) in [4.78, 5) is 9.41. The van der Waals surface area contributed by atoms with Crippen LogP contribution in [0.2, 0.25) is 0 Å². The molecule has 0 bridgehead atoms. The van der Waals surface area contributed by atoms with E-state index in [1.807, 2.05) is 121 Å². The minimum absolute atomic E-state index is 0.556. The first-order valence-electron chi connectivity index (χ1n) is 12.3. The summed E-state index contributed by atoms with van der Waals surface area (Å²) in [6, 6.07) is 39.9. The molecule has 0 aliphatic carbocycles. The fourth-order valence-electron chi connectivity index (χ4n) is 4.37. The van der Waals surface area contributed by atoms with E-state index in [0.717, 1.165) is 44.9 Å². The molecule has 0 aliphatic heterocycles. The first-order valence-corrected chi connectivity index (χ1v) is 12.3. The average molecular weight is 495 g/mol. The molecule has 0 aliphatic rings. The van der Waals surface area contributed by atoms with Crippen molar-refractivity contribution in [3.05, 3.63) is 121 Å². The van der Waals surface area contributed by atoms with Crippen molar-refractivity contribution in [1.82, 2.24) is 9.97 Å². The number of fused-ring (bicyclic) bond motifs is 2. The number of nitrogens with one attached hydrogen (secondary N) is 2. The third-order valence-electron chi connectivity index (χ3n) is 6.29. The summed E-state index contributed by atoms with van der Waals surface area (Å²) < 4.78 is 12.2. The van der Waals surface area contributed by atoms with Gasteiger partial charge >= 0.3 is 0 Å². The number of oxazole rings is 2. The summed E-state index contributed by atoms with van der Waals surface area (Å²) in [6.07, 6.45) is 0. The van der Waals surface area contributed by atoms with Crippen LogP contribution >= 0.6 is 0 Å². The van der Waals surface area contributed by atoms with E-state index in [1.165, 1.54) is 0 Å². The predicted molar refractivity (Wildman–Crippen MR) is 152 cm³/mol. The van der Waals surface area contributed by atoms with Gasteiger partial charge in [0.1, 0.15) is 11.0 Å². The third kappa shape index (κ3) is 4.35. The number of aromatic nitrogens is 2. The topological polar surface area (TPSA) is 76.1 Å². The van der Waals surface area contributed by atoms with Crippen molar-refractivity contribution >= 4 is 44.9 Å². The van der Waals surface area contributed by atoms with Crippen molar-refractivity contribution < 1.29 is 8.83 Å². The number of nitrogens with zero attached hydrogens (tertiary/aromatic N) is 2. The van der Waals surface area contributed by atoms with Gasteiger partial charge in [-0.25, -0.2) is 9.97 Å². The van der Waals surface area contributed by atoms with Crippen molar-refractivity contribution in [2.45, 2.75) is 0 Å². The maximum absolute atomic E-state index is 6.08. The molecule has 0 radical (unpaired) electrons. The Balaban J connectivity index is 1.12. The molecule has 5 aromatic carbocycles. The number of anilines is 4. The zero-order valence-electron chi connectivity index (χ0n) is 20.3. The lowest BCUT2D eigenvalue weighted by atomic mass is 10.2. The van der Waals surface area contributed by atoms with Gasteiger partial charge in [-0.15, -0.1) is 0 Å². The molecule has 38 heavy (non-hydrogen) atoms. The smallest absolute Gasteiger partial charge is 0.227 e. The van der Waals surface area contributed by atoms with Crippen molar-refractivity contribution in [3.8, 4) is 22.9 Å². The van der Waals surface area contributed by atoms with E-state index < -0.39 is 0 Å². The Kier molecular flexibility index (Phi) is 5.33. The predicted octanol–water partition coefficient (Wildman–Crippen LogP) is 8.79. The zero-order valence-corrected chi connectivity index (χ0v) is 20.3. The molecule has 7 aromatic rings. The fraction of sp³-hybridized carbons (Fsp3) is 0. The second-order valence-corrected chi connectivity index (χ2v) is 8.96. The van der Waals surface area contributed by atoms with Crippen LogP contribution in [0.5, 0.6) is 0 Å². The molecule has 7 rings (SSSR count). The standard InChI is InChI=1S/C32H22N4O2/c1-3-7-23(8-4-1)33-25-15-11-21(12-16-25)31-35-27-19-28-30(20-29(27)37-31)38-32(36-28)22-13-17-26(18-14-22)34-24-9-5-2-6-10-24/h1-20,33-34H. The number of benzene rings is 5. The van der Waals surface area contributed by atoms with Gasteiger partial charge in [-0.3, -0.25) is 0 Å². The van der Waals surface area contributed by atoms with Gasteiger partial charge in [0.25, 0.3) is 0 Å². The molecule has 0 amide bonds. The molecule has 2 aromatic heterocycles. The van der Waals surface area contributed by atoms with Gasteiger partial charge in [0.2, 0.25) is 11.8 Å². The molecule has 0 spiro atoms. The van der Waals surface area contributed by atoms with Crippen LogP contribution in [0.15, 0.2) is 130 Å². The van der Waals surface area contributed by atoms with Crippen molar-refractivity contribution in [2.75, 3.05) is 10.6 Å². The summed E-state index contributed by atoms with van der Waals surface area (Å²) in [5.41, 5.74) is 8.65. The second-order valence-electron chi connectivity index (χ2n) is 8.96. The van der Waals surface area contributed by atoms with Gasteiger partial charge in [-0.1, -0.05) is 36.4 Å². The van der Waals surface area contributed by atoms with Crippen LogP contribution in [0.4, 0.5) is 22.7 Å². The summed E-state index contributed by atoms with van der Waals surface area (Å²) in [5.74, 6) is 1.11. The van der Waals surface area contributed by atoms with Crippen molar-refractivity contribution in [1.29, 1.82) is 0 Å². The largest absolute Gasteiger partial charge is 0.436 e. The lowest BCUT2D eigenvalue weighted by Gasteiger charge is -2.06. The summed E-state index contributed by atoms with van der Waals surface area (Å²) in [7, 11) is 0. The van der Waals surface area contributed by atoms with Gasteiger partial charge in [0.05, 0.1) is 0 Å². The van der Waals surface area contributed by atoms with E-state index >= 15 is 0 Å². The van der Waals surface area contributed by atoms with Crippen LogP contribution in [-0.4, -0.2) is 9.97 Å². The molecule has 0 unspecified atom stereocenters. The van der Waals surface area contributed by atoms with Gasteiger partial charge < -0.3 is 19.5 Å². The SMILES string of the molecule is c1ccc(Nc2ccc(-c3nc4cc5nc(-c6ccc(Nc7ccccc7)cc6)oc5cc4o3)cc2)cc1. The molecule has 0 atom stereocenters. The molecule has 6 nitrogen and oxygen atoms in total. The van der Waals surface area contributed by atoms with Crippen molar-refractivity contribution in [3.63, 3.8) is 0 Å². The van der Waals surface area contributed by atoms with Crippen molar-refractivity contribution in [2.24, 2.45) is 0 Å². The number of para-hydroxylation sites is 2. The Hall–Kier alpha value is -5.36. The van der Waals surface area contributed by atoms with E-state index in [1.54, 1.807) is 0 Å². The molecule has 182 valence electrons. The fourth-order valence-corrected chi connectivity index (χ4v) is 4.37. The average Bonchev–Trinajstić information content (AvgIpc) is 3.57. The van der Waals surface area contributed by atoms with Gasteiger partial charge in [0, 0.05) is 39.9 Å².